The normalized spacial score (nSPS) is 21.2. The molecule has 5 nitrogen and oxygen atoms in total. The molecular formula is C21H19NO4. The second kappa shape index (κ2) is 7.04. The van der Waals surface area contributed by atoms with Crippen LogP contribution in [0, 0.1) is 0 Å². The van der Waals surface area contributed by atoms with E-state index in [0.717, 1.165) is 16.7 Å². The summed E-state index contributed by atoms with van der Waals surface area (Å²) in [7, 11) is 0. The van der Waals surface area contributed by atoms with E-state index in [1.54, 1.807) is 6.20 Å². The number of esters is 1. The highest BCUT2D eigenvalue weighted by atomic mass is 16.6. The maximum Gasteiger partial charge on any atom is 0.414 e. The van der Waals surface area contributed by atoms with Gasteiger partial charge in [-0.2, -0.15) is 0 Å². The molecule has 2 aliphatic heterocycles. The number of benzene rings is 2. The molecule has 2 atom stereocenters. The van der Waals surface area contributed by atoms with Crippen molar-refractivity contribution in [3.63, 3.8) is 0 Å². The zero-order valence-corrected chi connectivity index (χ0v) is 14.2. The number of hydrogen-bond acceptors (Lipinski definition) is 4. The zero-order chi connectivity index (χ0) is 17.9. The molecule has 2 aromatic rings. The summed E-state index contributed by atoms with van der Waals surface area (Å²) in [4.78, 5) is 25.9. The van der Waals surface area contributed by atoms with E-state index in [2.05, 4.69) is 0 Å². The lowest BCUT2D eigenvalue weighted by atomic mass is 9.91. The van der Waals surface area contributed by atoms with Crippen molar-refractivity contribution in [2.75, 3.05) is 0 Å². The third-order valence-electron chi connectivity index (χ3n) is 4.71. The van der Waals surface area contributed by atoms with Crippen LogP contribution in [0.4, 0.5) is 4.79 Å². The topological polar surface area (TPSA) is 55.8 Å². The largest absolute Gasteiger partial charge is 0.460 e. The first kappa shape index (κ1) is 16.4. The Balaban J connectivity index is 1.57. The van der Waals surface area contributed by atoms with Crippen molar-refractivity contribution in [3.05, 3.63) is 77.5 Å². The van der Waals surface area contributed by atoms with Gasteiger partial charge in [0.25, 0.3) is 0 Å². The quantitative estimate of drug-likeness (QED) is 0.784. The van der Waals surface area contributed by atoms with E-state index >= 15 is 0 Å². The predicted octanol–water partition coefficient (Wildman–Crippen LogP) is 4.06. The molecule has 0 spiro atoms. The molecule has 1 fully saturated rings. The lowest BCUT2D eigenvalue weighted by Crippen LogP contribution is -2.39. The van der Waals surface area contributed by atoms with Gasteiger partial charge in [0.2, 0.25) is 0 Å². The summed E-state index contributed by atoms with van der Waals surface area (Å²) < 4.78 is 11.0. The average molecular weight is 349 g/mol. The Morgan fingerprint density at radius 1 is 1.12 bits per heavy atom. The summed E-state index contributed by atoms with van der Waals surface area (Å²) in [6, 6.07) is 17.0. The monoisotopic (exact) mass is 349 g/mol. The molecule has 0 radical (unpaired) electrons. The predicted molar refractivity (Wildman–Crippen MR) is 95.8 cm³/mol. The number of hydrogen-bond donors (Lipinski definition) is 0. The maximum absolute atomic E-state index is 12.7. The molecule has 5 heteroatoms. The van der Waals surface area contributed by atoms with Gasteiger partial charge in [0, 0.05) is 12.6 Å². The number of nitrogens with zero attached hydrogens (tertiary/aromatic N) is 1. The van der Waals surface area contributed by atoms with Gasteiger partial charge in [0.15, 0.2) is 0 Å². The first-order chi connectivity index (χ1) is 12.7. The minimum Gasteiger partial charge on any atom is -0.460 e. The van der Waals surface area contributed by atoms with Gasteiger partial charge < -0.3 is 9.47 Å². The highest BCUT2D eigenvalue weighted by molar-refractivity contribution is 5.75. The number of carbonyl (C=O) groups is 2. The van der Waals surface area contributed by atoms with Gasteiger partial charge in [-0.25, -0.2) is 4.79 Å². The first-order valence-electron chi connectivity index (χ1n) is 8.68. The van der Waals surface area contributed by atoms with Crippen LogP contribution in [0.3, 0.4) is 0 Å². The third kappa shape index (κ3) is 3.20. The fourth-order valence-corrected chi connectivity index (χ4v) is 3.45. The van der Waals surface area contributed by atoms with Crippen LogP contribution in [-0.2, 0) is 20.9 Å². The molecule has 0 N–H and O–H groups in total. The molecule has 1 saturated heterocycles. The molecular weight excluding hydrogens is 330 g/mol. The van der Waals surface area contributed by atoms with Crippen molar-refractivity contribution in [1.82, 2.24) is 4.90 Å². The van der Waals surface area contributed by atoms with Gasteiger partial charge in [0.1, 0.15) is 18.8 Å². The number of carbonyl (C=O) groups excluding carboxylic acids is 2. The molecule has 4 rings (SSSR count). The fourth-order valence-electron chi connectivity index (χ4n) is 3.45. The van der Waals surface area contributed by atoms with Crippen molar-refractivity contribution in [1.29, 1.82) is 0 Å². The number of fused-ring (bicyclic) bond motifs is 1. The molecule has 2 aromatic carbocycles. The molecule has 2 aliphatic rings. The molecule has 2 heterocycles. The van der Waals surface area contributed by atoms with E-state index in [0.29, 0.717) is 12.8 Å². The Labute approximate surface area is 151 Å². The standard InChI is InChI=1S/C21H19NO4/c23-19-11-10-18(26-19)20-17-9-5-4-8-16(17)12-13-22(20)21(24)25-14-15-6-2-1-3-7-15/h1-9,12-13,18,20H,10-11,14H2/t18?,20-/m1/s1. The van der Waals surface area contributed by atoms with E-state index in [1.165, 1.54) is 4.90 Å². The summed E-state index contributed by atoms with van der Waals surface area (Å²) in [6.45, 7) is 0.197. The van der Waals surface area contributed by atoms with Gasteiger partial charge in [-0.3, -0.25) is 9.69 Å². The Morgan fingerprint density at radius 3 is 2.65 bits per heavy atom. The maximum atomic E-state index is 12.7. The van der Waals surface area contributed by atoms with Crippen LogP contribution in [0.15, 0.2) is 60.8 Å². The highest BCUT2D eigenvalue weighted by Gasteiger charge is 2.40. The van der Waals surface area contributed by atoms with Crippen molar-refractivity contribution in [3.8, 4) is 0 Å². The van der Waals surface area contributed by atoms with E-state index in [1.807, 2.05) is 60.7 Å². The van der Waals surface area contributed by atoms with Crippen LogP contribution in [0.5, 0.6) is 0 Å². The summed E-state index contributed by atoms with van der Waals surface area (Å²) in [5.41, 5.74) is 2.91. The van der Waals surface area contributed by atoms with Crippen LogP contribution in [0.25, 0.3) is 6.08 Å². The first-order valence-corrected chi connectivity index (χ1v) is 8.68. The molecule has 26 heavy (non-hydrogen) atoms. The number of cyclic esters (lactones) is 1. The molecule has 0 aromatic heterocycles. The van der Waals surface area contributed by atoms with Crippen molar-refractivity contribution >= 4 is 18.1 Å². The molecule has 0 bridgehead atoms. The third-order valence-corrected chi connectivity index (χ3v) is 4.71. The summed E-state index contributed by atoms with van der Waals surface area (Å²) in [6.07, 6.45) is 3.75. The van der Waals surface area contributed by atoms with E-state index in [9.17, 15) is 9.59 Å². The van der Waals surface area contributed by atoms with Gasteiger partial charge in [-0.05, 0) is 29.2 Å². The molecule has 0 saturated carbocycles. The van der Waals surface area contributed by atoms with Gasteiger partial charge in [0.05, 0.1) is 0 Å². The summed E-state index contributed by atoms with van der Waals surface area (Å²) in [5.74, 6) is -0.223. The minimum absolute atomic E-state index is 0.197. The molecule has 0 aliphatic carbocycles. The number of ether oxygens (including phenoxy) is 2. The Kier molecular flexibility index (Phi) is 4.44. The molecule has 1 amide bonds. The van der Waals surface area contributed by atoms with Crippen molar-refractivity contribution < 1.29 is 19.1 Å². The van der Waals surface area contributed by atoms with Crippen molar-refractivity contribution in [2.24, 2.45) is 0 Å². The number of rotatable bonds is 3. The zero-order valence-electron chi connectivity index (χ0n) is 14.2. The van der Waals surface area contributed by atoms with Crippen molar-refractivity contribution in [2.45, 2.75) is 31.6 Å². The minimum atomic E-state index is -0.451. The Bertz CT molecular complexity index is 846. The lowest BCUT2D eigenvalue weighted by Gasteiger charge is -2.35. The summed E-state index contributed by atoms with van der Waals surface area (Å²) >= 11 is 0. The Morgan fingerprint density at radius 2 is 1.88 bits per heavy atom. The van der Waals surface area contributed by atoms with Gasteiger partial charge >= 0.3 is 12.1 Å². The van der Waals surface area contributed by atoms with E-state index in [-0.39, 0.29) is 24.7 Å². The van der Waals surface area contributed by atoms with Crippen LogP contribution in [-0.4, -0.2) is 23.1 Å². The van der Waals surface area contributed by atoms with Gasteiger partial charge in [-0.1, -0.05) is 54.6 Å². The number of amides is 1. The molecule has 132 valence electrons. The van der Waals surface area contributed by atoms with Crippen LogP contribution >= 0.6 is 0 Å². The SMILES string of the molecule is O=C1CCC([C@H]2c3ccccc3C=CN2C(=O)OCc2ccccc2)O1. The fraction of sp³-hybridized carbons (Fsp3) is 0.238. The van der Waals surface area contributed by atoms with E-state index in [4.69, 9.17) is 9.47 Å². The average Bonchev–Trinajstić information content (AvgIpc) is 3.12. The van der Waals surface area contributed by atoms with Crippen LogP contribution < -0.4 is 0 Å². The smallest absolute Gasteiger partial charge is 0.414 e. The highest BCUT2D eigenvalue weighted by Crippen LogP contribution is 2.38. The van der Waals surface area contributed by atoms with Crippen LogP contribution in [0.1, 0.15) is 35.6 Å². The Hall–Kier alpha value is -3.08. The van der Waals surface area contributed by atoms with Gasteiger partial charge in [-0.15, -0.1) is 0 Å². The lowest BCUT2D eigenvalue weighted by molar-refractivity contribution is -0.143. The second-order valence-corrected chi connectivity index (χ2v) is 6.40. The summed E-state index contributed by atoms with van der Waals surface area (Å²) in [5, 5.41) is 0. The second-order valence-electron chi connectivity index (χ2n) is 6.40. The van der Waals surface area contributed by atoms with Crippen LogP contribution in [0.2, 0.25) is 0 Å². The van der Waals surface area contributed by atoms with E-state index < -0.39 is 6.09 Å². The molecule has 1 unspecified atom stereocenters.